The summed E-state index contributed by atoms with van der Waals surface area (Å²) in [6.07, 6.45) is 2.36. The van der Waals surface area contributed by atoms with Gasteiger partial charge in [-0.25, -0.2) is 12.7 Å². The number of esters is 1. The Kier molecular flexibility index (Phi) is 6.25. The zero-order valence-electron chi connectivity index (χ0n) is 17.0. The van der Waals surface area contributed by atoms with Gasteiger partial charge in [0.15, 0.2) is 4.80 Å². The van der Waals surface area contributed by atoms with Gasteiger partial charge in [-0.3, -0.25) is 9.59 Å². The van der Waals surface area contributed by atoms with E-state index in [1.165, 1.54) is 22.8 Å². The Morgan fingerprint density at radius 2 is 1.97 bits per heavy atom. The number of nitrogens with zero attached hydrogens (tertiary/aromatic N) is 3. The van der Waals surface area contributed by atoms with Gasteiger partial charge in [0, 0.05) is 13.1 Å². The second-order valence-corrected chi connectivity index (χ2v) is 10.4. The topological polar surface area (TPSA) is 98.0 Å². The maximum absolute atomic E-state index is 12.8. The summed E-state index contributed by atoms with van der Waals surface area (Å²) >= 11 is 1.33. The summed E-state index contributed by atoms with van der Waals surface area (Å²) in [6, 6.07) is 3.98. The summed E-state index contributed by atoms with van der Waals surface area (Å²) in [5.41, 5.74) is 3.00. The van der Waals surface area contributed by atoms with Gasteiger partial charge in [0.25, 0.3) is 5.91 Å². The number of thiazole rings is 1. The van der Waals surface area contributed by atoms with Crippen molar-refractivity contribution in [2.45, 2.75) is 33.2 Å². The summed E-state index contributed by atoms with van der Waals surface area (Å²) in [6.45, 7) is 4.50. The Bertz CT molecular complexity index is 1130. The molecule has 29 heavy (non-hydrogen) atoms. The molecule has 1 saturated heterocycles. The minimum atomic E-state index is -3.35. The third kappa shape index (κ3) is 4.76. The van der Waals surface area contributed by atoms with Gasteiger partial charge >= 0.3 is 5.97 Å². The van der Waals surface area contributed by atoms with E-state index >= 15 is 0 Å². The number of hydrogen-bond acceptors (Lipinski definition) is 6. The molecule has 2 heterocycles. The first-order valence-electron chi connectivity index (χ1n) is 9.31. The van der Waals surface area contributed by atoms with Crippen molar-refractivity contribution in [1.82, 2.24) is 8.87 Å². The molecule has 10 heteroatoms. The molecule has 1 atom stereocenters. The number of aromatic nitrogens is 1. The van der Waals surface area contributed by atoms with Crippen LogP contribution in [0.4, 0.5) is 0 Å². The molecule has 1 aromatic carbocycles. The molecule has 1 unspecified atom stereocenters. The average Bonchev–Trinajstić information content (AvgIpc) is 2.97. The fraction of sp³-hybridized carbons (Fsp3) is 0.526. The number of amides is 1. The third-order valence-corrected chi connectivity index (χ3v) is 7.53. The van der Waals surface area contributed by atoms with Crippen LogP contribution in [-0.2, 0) is 30.9 Å². The largest absolute Gasteiger partial charge is 0.468 e. The van der Waals surface area contributed by atoms with Gasteiger partial charge in [0.1, 0.15) is 6.54 Å². The summed E-state index contributed by atoms with van der Waals surface area (Å²) in [5.74, 6) is -1.28. The second kappa shape index (κ2) is 8.37. The molecule has 1 amide bonds. The van der Waals surface area contributed by atoms with E-state index in [0.717, 1.165) is 27.6 Å². The van der Waals surface area contributed by atoms with Gasteiger partial charge < -0.3 is 9.30 Å². The number of sulfonamides is 1. The van der Waals surface area contributed by atoms with Crippen molar-refractivity contribution in [3.05, 3.63) is 28.1 Å². The standard InChI is InChI=1S/C19H25N3O5S2/c1-12-8-15-16(9-13(12)2)28-19(22(15)11-17(23)27-3)20-18(24)14-6-5-7-21(10-14)29(4,25)26/h8-9,14H,5-7,10-11H2,1-4H3. The lowest BCUT2D eigenvalue weighted by Gasteiger charge is -2.28. The Labute approximate surface area is 173 Å². The van der Waals surface area contributed by atoms with Crippen molar-refractivity contribution in [2.75, 3.05) is 26.5 Å². The number of fused-ring (bicyclic) bond motifs is 1. The van der Waals surface area contributed by atoms with Crippen LogP contribution in [0.1, 0.15) is 24.0 Å². The zero-order valence-corrected chi connectivity index (χ0v) is 18.6. The molecule has 0 spiro atoms. The highest BCUT2D eigenvalue weighted by Gasteiger charge is 2.30. The number of rotatable bonds is 4. The molecule has 0 saturated carbocycles. The van der Waals surface area contributed by atoms with Gasteiger partial charge in [-0.15, -0.1) is 0 Å². The van der Waals surface area contributed by atoms with Crippen LogP contribution in [0.5, 0.6) is 0 Å². The fourth-order valence-electron chi connectivity index (χ4n) is 3.38. The molecule has 1 aromatic heterocycles. The van der Waals surface area contributed by atoms with Crippen LogP contribution in [-0.4, -0.2) is 55.6 Å². The second-order valence-electron chi connectivity index (χ2n) is 7.36. The van der Waals surface area contributed by atoms with Gasteiger partial charge in [-0.05, 0) is 49.9 Å². The monoisotopic (exact) mass is 439 g/mol. The van der Waals surface area contributed by atoms with Crippen molar-refractivity contribution in [3.8, 4) is 0 Å². The van der Waals surface area contributed by atoms with Crippen LogP contribution in [0.2, 0.25) is 0 Å². The lowest BCUT2D eigenvalue weighted by molar-refractivity contribution is -0.141. The van der Waals surface area contributed by atoms with Crippen molar-refractivity contribution < 1.29 is 22.7 Å². The molecule has 158 valence electrons. The first-order valence-corrected chi connectivity index (χ1v) is 12.0. The highest BCUT2D eigenvalue weighted by molar-refractivity contribution is 7.88. The van der Waals surface area contributed by atoms with Gasteiger partial charge in [-0.2, -0.15) is 4.99 Å². The Morgan fingerprint density at radius 3 is 2.62 bits per heavy atom. The molecule has 8 nitrogen and oxygen atoms in total. The zero-order chi connectivity index (χ0) is 21.3. The predicted octanol–water partition coefficient (Wildman–Crippen LogP) is 1.59. The van der Waals surface area contributed by atoms with E-state index in [1.54, 1.807) is 4.57 Å². The van der Waals surface area contributed by atoms with E-state index < -0.39 is 21.9 Å². The number of methoxy groups -OCH3 is 1. The minimum absolute atomic E-state index is 0.0504. The van der Waals surface area contributed by atoms with Crippen LogP contribution < -0.4 is 4.80 Å². The van der Waals surface area contributed by atoms with E-state index in [0.29, 0.717) is 24.2 Å². The van der Waals surface area contributed by atoms with Crippen LogP contribution in [0.3, 0.4) is 0 Å². The molecular weight excluding hydrogens is 414 g/mol. The number of carbonyl (C=O) groups excluding carboxylic acids is 2. The van der Waals surface area contributed by atoms with Crippen molar-refractivity contribution in [3.63, 3.8) is 0 Å². The molecule has 0 radical (unpaired) electrons. The van der Waals surface area contributed by atoms with Crippen molar-refractivity contribution in [2.24, 2.45) is 10.9 Å². The quantitative estimate of drug-likeness (QED) is 0.674. The molecule has 0 N–H and O–H groups in total. The summed E-state index contributed by atoms with van der Waals surface area (Å²) < 4.78 is 32.4. The number of piperidine rings is 1. The lowest BCUT2D eigenvalue weighted by Crippen LogP contribution is -2.41. The SMILES string of the molecule is COC(=O)Cn1c(=NC(=O)C2CCCN(S(C)(=O)=O)C2)sc2cc(C)c(C)cc21. The number of aryl methyl sites for hydroxylation is 2. The lowest BCUT2D eigenvalue weighted by atomic mass is 9.99. The van der Waals surface area contributed by atoms with Crippen LogP contribution in [0.15, 0.2) is 17.1 Å². The smallest absolute Gasteiger partial charge is 0.325 e. The van der Waals surface area contributed by atoms with Gasteiger partial charge in [0.05, 0.1) is 29.5 Å². The number of carbonyl (C=O) groups is 2. The first-order chi connectivity index (χ1) is 13.6. The van der Waals surface area contributed by atoms with Gasteiger partial charge in [-0.1, -0.05) is 11.3 Å². The molecule has 1 aliphatic rings. The molecular formula is C19H25N3O5S2. The number of ether oxygens (including phenoxy) is 1. The molecule has 3 rings (SSSR count). The van der Waals surface area contributed by atoms with Crippen molar-refractivity contribution >= 4 is 43.5 Å². The molecule has 1 aliphatic heterocycles. The van der Waals surface area contributed by atoms with E-state index in [9.17, 15) is 18.0 Å². The summed E-state index contributed by atoms with van der Waals surface area (Å²) in [7, 11) is -2.03. The summed E-state index contributed by atoms with van der Waals surface area (Å²) in [4.78, 5) is 29.5. The maximum atomic E-state index is 12.8. The van der Waals surface area contributed by atoms with E-state index in [4.69, 9.17) is 4.74 Å². The minimum Gasteiger partial charge on any atom is -0.468 e. The molecule has 0 bridgehead atoms. The molecule has 0 aliphatic carbocycles. The normalized spacial score (nSPS) is 18.9. The van der Waals surface area contributed by atoms with Crippen molar-refractivity contribution in [1.29, 1.82) is 0 Å². The summed E-state index contributed by atoms with van der Waals surface area (Å²) in [5, 5.41) is 0. The fourth-order valence-corrected chi connectivity index (χ4v) is 5.41. The van der Waals surface area contributed by atoms with Crippen LogP contribution in [0, 0.1) is 19.8 Å². The van der Waals surface area contributed by atoms with E-state index in [1.807, 2.05) is 26.0 Å². The maximum Gasteiger partial charge on any atom is 0.325 e. The average molecular weight is 440 g/mol. The predicted molar refractivity (Wildman–Crippen MR) is 111 cm³/mol. The van der Waals surface area contributed by atoms with E-state index in [-0.39, 0.29) is 19.0 Å². The number of benzene rings is 1. The Hall–Kier alpha value is -2.04. The third-order valence-electron chi connectivity index (χ3n) is 5.22. The Balaban J connectivity index is 2.03. The Morgan fingerprint density at radius 1 is 1.28 bits per heavy atom. The van der Waals surface area contributed by atoms with Gasteiger partial charge in [0.2, 0.25) is 10.0 Å². The first kappa shape index (κ1) is 21.7. The van der Waals surface area contributed by atoms with E-state index in [2.05, 4.69) is 4.99 Å². The molecule has 2 aromatic rings. The highest BCUT2D eigenvalue weighted by atomic mass is 32.2. The molecule has 1 fully saturated rings. The highest BCUT2D eigenvalue weighted by Crippen LogP contribution is 2.23. The van der Waals surface area contributed by atoms with Crippen LogP contribution >= 0.6 is 11.3 Å². The van der Waals surface area contributed by atoms with Crippen LogP contribution in [0.25, 0.3) is 10.2 Å². The number of hydrogen-bond donors (Lipinski definition) is 0.